The van der Waals surface area contributed by atoms with Crippen LogP contribution in [0.15, 0.2) is 76.1 Å². The topological polar surface area (TPSA) is 45.2 Å². The number of hydrogen-bond donors (Lipinski definition) is 0. The Kier molecular flexibility index (Phi) is 3.06. The Morgan fingerprint density at radius 1 is 0.960 bits per heavy atom. The Labute approximate surface area is 145 Å². The first-order chi connectivity index (χ1) is 12.3. The van der Waals surface area contributed by atoms with E-state index in [0.29, 0.717) is 0 Å². The van der Waals surface area contributed by atoms with Crippen LogP contribution in [0.2, 0.25) is 0 Å². The maximum Gasteiger partial charge on any atom is 0.173 e. The van der Waals surface area contributed by atoms with Crippen molar-refractivity contribution >= 4 is 11.7 Å². The average Bonchev–Trinajstić information content (AvgIpc) is 3.27. The summed E-state index contributed by atoms with van der Waals surface area (Å²) in [6, 6.07) is 18.9. The lowest BCUT2D eigenvalue weighted by molar-refractivity contribution is 0.451. The number of amidine groups is 1. The standard InChI is InChI=1S/C20H17N5/c1-14-7-9-16(10-8-14)24-13-17(15-5-3-2-4-6-15)18-19-21-11-12-25(19)23-22-20(18)24/h2-10,13H,11-12H2,1H3. The number of aliphatic imine (C=N–C) groups is 1. The summed E-state index contributed by atoms with van der Waals surface area (Å²) in [6.07, 6.45) is 2.15. The number of nitrogens with zero attached hydrogens (tertiary/aromatic N) is 5. The zero-order valence-electron chi connectivity index (χ0n) is 13.9. The summed E-state index contributed by atoms with van der Waals surface area (Å²) in [7, 11) is 0. The van der Waals surface area contributed by atoms with Crippen LogP contribution < -0.4 is 0 Å². The summed E-state index contributed by atoms with van der Waals surface area (Å²) in [6.45, 7) is 3.65. The molecule has 0 fully saturated rings. The van der Waals surface area contributed by atoms with Crippen molar-refractivity contribution < 1.29 is 0 Å². The van der Waals surface area contributed by atoms with Gasteiger partial charge in [-0.3, -0.25) is 9.56 Å². The van der Waals surface area contributed by atoms with Crippen molar-refractivity contribution in [2.45, 2.75) is 6.92 Å². The molecule has 3 aromatic rings. The number of aryl methyl sites for hydroxylation is 1. The molecule has 0 saturated heterocycles. The van der Waals surface area contributed by atoms with Crippen LogP contribution in [0.3, 0.4) is 0 Å². The summed E-state index contributed by atoms with van der Waals surface area (Å²) in [5.74, 6) is 1.77. The molecule has 3 heterocycles. The maximum absolute atomic E-state index is 4.68. The molecular formula is C20H17N5. The van der Waals surface area contributed by atoms with Crippen LogP contribution in [0, 0.1) is 6.92 Å². The summed E-state index contributed by atoms with van der Waals surface area (Å²) in [5, 5.41) is 10.8. The average molecular weight is 327 g/mol. The van der Waals surface area contributed by atoms with Gasteiger partial charge in [0.15, 0.2) is 11.7 Å². The first-order valence-corrected chi connectivity index (χ1v) is 8.43. The molecule has 5 rings (SSSR count). The lowest BCUT2D eigenvalue weighted by Crippen LogP contribution is -2.24. The third-order valence-electron chi connectivity index (χ3n) is 4.67. The van der Waals surface area contributed by atoms with E-state index in [1.54, 1.807) is 0 Å². The largest absolute Gasteiger partial charge is 0.299 e. The zero-order chi connectivity index (χ0) is 16.8. The van der Waals surface area contributed by atoms with E-state index in [-0.39, 0.29) is 0 Å². The molecule has 0 saturated carbocycles. The molecule has 5 heteroatoms. The van der Waals surface area contributed by atoms with Crippen LogP contribution in [0.4, 0.5) is 5.82 Å². The molecule has 122 valence electrons. The number of benzene rings is 2. The fraction of sp³-hybridized carbons (Fsp3) is 0.150. The van der Waals surface area contributed by atoms with Crippen LogP contribution in [-0.2, 0) is 0 Å². The highest BCUT2D eigenvalue weighted by Crippen LogP contribution is 2.40. The van der Waals surface area contributed by atoms with E-state index in [9.17, 15) is 0 Å². The molecule has 0 aliphatic carbocycles. The van der Waals surface area contributed by atoms with Crippen LogP contribution in [0.5, 0.6) is 0 Å². The lowest BCUT2D eigenvalue weighted by Gasteiger charge is -2.18. The van der Waals surface area contributed by atoms with Crippen molar-refractivity contribution in [2.24, 2.45) is 15.3 Å². The van der Waals surface area contributed by atoms with Crippen LogP contribution in [-0.4, -0.2) is 28.5 Å². The first kappa shape index (κ1) is 14.2. The second-order valence-corrected chi connectivity index (χ2v) is 6.33. The van der Waals surface area contributed by atoms with E-state index < -0.39 is 0 Å². The van der Waals surface area contributed by atoms with E-state index >= 15 is 0 Å². The molecule has 1 aromatic heterocycles. The molecule has 0 unspecified atom stereocenters. The monoisotopic (exact) mass is 327 g/mol. The van der Waals surface area contributed by atoms with Gasteiger partial charge in [0.2, 0.25) is 0 Å². The smallest absolute Gasteiger partial charge is 0.173 e. The van der Waals surface area contributed by atoms with Crippen molar-refractivity contribution in [1.82, 2.24) is 9.58 Å². The highest BCUT2D eigenvalue weighted by molar-refractivity contribution is 6.09. The van der Waals surface area contributed by atoms with Gasteiger partial charge in [0.1, 0.15) is 0 Å². The van der Waals surface area contributed by atoms with Gasteiger partial charge in [-0.25, -0.2) is 5.01 Å². The van der Waals surface area contributed by atoms with Crippen LogP contribution >= 0.6 is 0 Å². The fourth-order valence-corrected chi connectivity index (χ4v) is 3.38. The minimum atomic E-state index is 0.762. The van der Waals surface area contributed by atoms with Gasteiger partial charge in [0.05, 0.1) is 18.7 Å². The molecule has 5 nitrogen and oxygen atoms in total. The number of hydrogen-bond acceptors (Lipinski definition) is 4. The second kappa shape index (κ2) is 5.41. The molecule has 0 radical (unpaired) electrons. The Bertz CT molecular complexity index is 997. The Morgan fingerprint density at radius 2 is 1.76 bits per heavy atom. The minimum absolute atomic E-state index is 0.762. The SMILES string of the molecule is Cc1ccc(-n2cc(-c3ccccc3)c3c2N=NN2CCN=C32)cc1. The Morgan fingerprint density at radius 3 is 2.56 bits per heavy atom. The van der Waals surface area contributed by atoms with E-state index in [1.165, 1.54) is 5.56 Å². The molecule has 0 N–H and O–H groups in total. The minimum Gasteiger partial charge on any atom is -0.299 e. The van der Waals surface area contributed by atoms with Crippen LogP contribution in [0.1, 0.15) is 11.1 Å². The quantitative estimate of drug-likeness (QED) is 0.682. The van der Waals surface area contributed by atoms with Gasteiger partial charge in [0.25, 0.3) is 0 Å². The van der Waals surface area contributed by atoms with Gasteiger partial charge in [-0.05, 0) is 24.6 Å². The summed E-state index contributed by atoms with van der Waals surface area (Å²) < 4.78 is 2.11. The highest BCUT2D eigenvalue weighted by atomic mass is 15.6. The predicted molar refractivity (Wildman–Crippen MR) is 98.6 cm³/mol. The Hall–Kier alpha value is -3.21. The first-order valence-electron chi connectivity index (χ1n) is 8.43. The molecule has 2 aliphatic rings. The Balaban J connectivity index is 1.78. The molecule has 0 amide bonds. The van der Waals surface area contributed by atoms with Gasteiger partial charge in [-0.15, -0.1) is 5.11 Å². The summed E-state index contributed by atoms with van der Waals surface area (Å²) in [5.41, 5.74) is 5.69. The van der Waals surface area contributed by atoms with E-state index in [1.807, 2.05) is 11.1 Å². The molecule has 25 heavy (non-hydrogen) atoms. The van der Waals surface area contributed by atoms with Gasteiger partial charge in [0, 0.05) is 17.4 Å². The number of fused-ring (bicyclic) bond motifs is 3. The maximum atomic E-state index is 4.68. The summed E-state index contributed by atoms with van der Waals surface area (Å²) in [4.78, 5) is 4.68. The van der Waals surface area contributed by atoms with Crippen molar-refractivity contribution in [1.29, 1.82) is 0 Å². The highest BCUT2D eigenvalue weighted by Gasteiger charge is 2.31. The molecule has 0 bridgehead atoms. The number of rotatable bonds is 2. The van der Waals surface area contributed by atoms with Crippen molar-refractivity contribution in [3.05, 3.63) is 71.9 Å². The van der Waals surface area contributed by atoms with Gasteiger partial charge in [-0.2, -0.15) is 0 Å². The fourth-order valence-electron chi connectivity index (χ4n) is 3.38. The van der Waals surface area contributed by atoms with Gasteiger partial charge < -0.3 is 0 Å². The molecule has 0 spiro atoms. The molecular weight excluding hydrogens is 310 g/mol. The molecule has 2 aromatic carbocycles. The number of aromatic nitrogens is 1. The van der Waals surface area contributed by atoms with E-state index in [0.717, 1.165) is 47.1 Å². The normalized spacial score (nSPS) is 15.1. The predicted octanol–water partition coefficient (Wildman–Crippen LogP) is 4.53. The van der Waals surface area contributed by atoms with Crippen molar-refractivity contribution in [3.63, 3.8) is 0 Å². The third kappa shape index (κ3) is 2.20. The van der Waals surface area contributed by atoms with E-state index in [4.69, 9.17) is 0 Å². The van der Waals surface area contributed by atoms with Crippen LogP contribution in [0.25, 0.3) is 16.8 Å². The van der Waals surface area contributed by atoms with Gasteiger partial charge in [-0.1, -0.05) is 53.3 Å². The lowest BCUT2D eigenvalue weighted by atomic mass is 10.0. The third-order valence-corrected chi connectivity index (χ3v) is 4.67. The zero-order valence-corrected chi connectivity index (χ0v) is 13.9. The molecule has 0 atom stereocenters. The second-order valence-electron chi connectivity index (χ2n) is 6.33. The van der Waals surface area contributed by atoms with E-state index in [2.05, 4.69) is 81.5 Å². The molecule has 2 aliphatic heterocycles. The summed E-state index contributed by atoms with van der Waals surface area (Å²) >= 11 is 0. The van der Waals surface area contributed by atoms with Gasteiger partial charge >= 0.3 is 0 Å². The van der Waals surface area contributed by atoms with Crippen molar-refractivity contribution in [3.8, 4) is 16.8 Å². The van der Waals surface area contributed by atoms with Crippen molar-refractivity contribution in [2.75, 3.05) is 13.1 Å².